The summed E-state index contributed by atoms with van der Waals surface area (Å²) >= 11 is 1.75. The minimum atomic E-state index is 0.345. The van der Waals surface area contributed by atoms with Crippen LogP contribution in [-0.2, 0) is 6.42 Å². The number of aryl methyl sites for hydroxylation is 1. The molecular formula is C11H21N3S. The quantitative estimate of drug-likeness (QED) is 0.778. The van der Waals surface area contributed by atoms with E-state index in [1.54, 1.807) is 11.3 Å². The van der Waals surface area contributed by atoms with E-state index in [2.05, 4.69) is 36.3 Å². The summed E-state index contributed by atoms with van der Waals surface area (Å²) in [6.07, 6.45) is 4.67. The van der Waals surface area contributed by atoms with Crippen molar-refractivity contribution >= 4 is 11.3 Å². The number of hydrogen-bond acceptors (Lipinski definition) is 4. The van der Waals surface area contributed by atoms with Gasteiger partial charge < -0.3 is 5.32 Å². The molecule has 1 rings (SSSR count). The fraction of sp³-hybridized carbons (Fsp3) is 0.818. The number of nitrogens with one attached hydrogen (secondary N) is 1. The molecule has 3 nitrogen and oxygen atoms in total. The molecule has 4 heteroatoms. The van der Waals surface area contributed by atoms with Gasteiger partial charge in [-0.3, -0.25) is 0 Å². The Kier molecular flexibility index (Phi) is 5.79. The average molecular weight is 227 g/mol. The topological polar surface area (TPSA) is 37.8 Å². The van der Waals surface area contributed by atoms with Gasteiger partial charge >= 0.3 is 0 Å². The number of rotatable bonds is 7. The molecule has 0 fully saturated rings. The number of nitrogens with zero attached hydrogens (tertiary/aromatic N) is 2. The maximum absolute atomic E-state index is 4.23. The van der Waals surface area contributed by atoms with Crippen LogP contribution in [0.3, 0.4) is 0 Å². The second kappa shape index (κ2) is 6.90. The molecule has 0 radical (unpaired) electrons. The molecule has 1 heterocycles. The first-order valence-corrected chi connectivity index (χ1v) is 6.65. The minimum Gasteiger partial charge on any atom is -0.308 e. The Bertz CT molecular complexity index is 273. The molecule has 1 N–H and O–H groups in total. The maximum atomic E-state index is 4.23. The Labute approximate surface area is 96.3 Å². The molecule has 1 aromatic rings. The van der Waals surface area contributed by atoms with Crippen molar-refractivity contribution in [3.8, 4) is 0 Å². The lowest BCUT2D eigenvalue weighted by molar-refractivity contribution is 0.564. The first-order valence-electron chi connectivity index (χ1n) is 5.83. The summed E-state index contributed by atoms with van der Waals surface area (Å²) in [5, 5.41) is 14.2. The molecule has 0 amide bonds. The van der Waals surface area contributed by atoms with Gasteiger partial charge in [0, 0.05) is 6.42 Å². The van der Waals surface area contributed by atoms with Crippen molar-refractivity contribution < 1.29 is 0 Å². The van der Waals surface area contributed by atoms with Crippen LogP contribution in [0.25, 0.3) is 0 Å². The van der Waals surface area contributed by atoms with Crippen LogP contribution in [0.1, 0.15) is 56.1 Å². The van der Waals surface area contributed by atoms with Crippen LogP contribution in [-0.4, -0.2) is 16.7 Å². The Morgan fingerprint density at radius 1 is 1.27 bits per heavy atom. The molecule has 15 heavy (non-hydrogen) atoms. The number of aromatic nitrogens is 2. The molecule has 0 aliphatic heterocycles. The molecule has 0 aliphatic rings. The zero-order valence-electron chi connectivity index (χ0n) is 9.92. The van der Waals surface area contributed by atoms with E-state index < -0.39 is 0 Å². The SMILES string of the molecule is CCCCc1nnc(C(C)NCCC)s1. The van der Waals surface area contributed by atoms with Gasteiger partial charge in [0.05, 0.1) is 6.04 Å². The van der Waals surface area contributed by atoms with E-state index >= 15 is 0 Å². The molecule has 0 saturated carbocycles. The molecule has 1 atom stereocenters. The van der Waals surface area contributed by atoms with E-state index in [1.807, 2.05) is 0 Å². The highest BCUT2D eigenvalue weighted by Gasteiger charge is 2.10. The molecule has 1 unspecified atom stereocenters. The third-order valence-corrected chi connectivity index (χ3v) is 3.46. The summed E-state index contributed by atoms with van der Waals surface area (Å²) in [4.78, 5) is 0. The molecule has 1 aromatic heterocycles. The van der Waals surface area contributed by atoms with Gasteiger partial charge in [0.25, 0.3) is 0 Å². The van der Waals surface area contributed by atoms with Crippen LogP contribution in [0, 0.1) is 0 Å². The summed E-state index contributed by atoms with van der Waals surface area (Å²) in [6.45, 7) is 7.57. The van der Waals surface area contributed by atoms with Crippen LogP contribution < -0.4 is 5.32 Å². The van der Waals surface area contributed by atoms with Gasteiger partial charge in [0.15, 0.2) is 0 Å². The van der Waals surface area contributed by atoms with Gasteiger partial charge in [-0.05, 0) is 26.3 Å². The van der Waals surface area contributed by atoms with Crippen molar-refractivity contribution in [1.82, 2.24) is 15.5 Å². The molecule has 0 saturated heterocycles. The highest BCUT2D eigenvalue weighted by molar-refractivity contribution is 7.11. The van der Waals surface area contributed by atoms with Gasteiger partial charge in [0.1, 0.15) is 10.0 Å². The first kappa shape index (κ1) is 12.6. The summed E-state index contributed by atoms with van der Waals surface area (Å²) in [6, 6.07) is 0.345. The number of hydrogen-bond donors (Lipinski definition) is 1. The Balaban J connectivity index is 2.43. The molecule has 0 aliphatic carbocycles. The second-order valence-corrected chi connectivity index (χ2v) is 4.91. The highest BCUT2D eigenvalue weighted by Crippen LogP contribution is 2.18. The second-order valence-electron chi connectivity index (χ2n) is 3.81. The van der Waals surface area contributed by atoms with Crippen molar-refractivity contribution in [2.45, 2.75) is 52.5 Å². The van der Waals surface area contributed by atoms with E-state index in [0.717, 1.165) is 24.4 Å². The van der Waals surface area contributed by atoms with Crippen molar-refractivity contribution in [2.24, 2.45) is 0 Å². The van der Waals surface area contributed by atoms with E-state index in [4.69, 9.17) is 0 Å². The van der Waals surface area contributed by atoms with Crippen molar-refractivity contribution in [3.05, 3.63) is 10.0 Å². The fourth-order valence-electron chi connectivity index (χ4n) is 1.32. The maximum Gasteiger partial charge on any atom is 0.134 e. The van der Waals surface area contributed by atoms with E-state index in [1.165, 1.54) is 17.8 Å². The molecule has 0 spiro atoms. The standard InChI is InChI=1S/C11H21N3S/c1-4-6-7-10-13-14-11(15-10)9(3)12-8-5-2/h9,12H,4-8H2,1-3H3. The summed E-state index contributed by atoms with van der Waals surface area (Å²) in [5.74, 6) is 0. The lowest BCUT2D eigenvalue weighted by Crippen LogP contribution is -2.18. The zero-order chi connectivity index (χ0) is 11.1. The summed E-state index contributed by atoms with van der Waals surface area (Å²) in [7, 11) is 0. The zero-order valence-corrected chi connectivity index (χ0v) is 10.7. The summed E-state index contributed by atoms with van der Waals surface area (Å²) in [5.41, 5.74) is 0. The van der Waals surface area contributed by atoms with Crippen molar-refractivity contribution in [3.63, 3.8) is 0 Å². The van der Waals surface area contributed by atoms with Gasteiger partial charge in [-0.1, -0.05) is 31.6 Å². The van der Waals surface area contributed by atoms with E-state index in [0.29, 0.717) is 6.04 Å². The van der Waals surface area contributed by atoms with E-state index in [-0.39, 0.29) is 0 Å². The lowest BCUT2D eigenvalue weighted by Gasteiger charge is -2.08. The predicted octanol–water partition coefficient (Wildman–Crippen LogP) is 2.94. The van der Waals surface area contributed by atoms with Crippen LogP contribution in [0.2, 0.25) is 0 Å². The Morgan fingerprint density at radius 3 is 2.73 bits per heavy atom. The van der Waals surface area contributed by atoms with Crippen LogP contribution in [0.15, 0.2) is 0 Å². The highest BCUT2D eigenvalue weighted by atomic mass is 32.1. The largest absolute Gasteiger partial charge is 0.308 e. The third kappa shape index (κ3) is 4.26. The first-order chi connectivity index (χ1) is 7.27. The van der Waals surface area contributed by atoms with Crippen LogP contribution >= 0.6 is 11.3 Å². The van der Waals surface area contributed by atoms with Gasteiger partial charge in [-0.2, -0.15) is 0 Å². The van der Waals surface area contributed by atoms with Crippen LogP contribution in [0.5, 0.6) is 0 Å². The van der Waals surface area contributed by atoms with Gasteiger partial charge in [-0.15, -0.1) is 10.2 Å². The normalized spacial score (nSPS) is 13.0. The smallest absolute Gasteiger partial charge is 0.134 e. The minimum absolute atomic E-state index is 0.345. The molecule has 0 aromatic carbocycles. The Hall–Kier alpha value is -0.480. The monoisotopic (exact) mass is 227 g/mol. The molecular weight excluding hydrogens is 206 g/mol. The molecule has 86 valence electrons. The fourth-order valence-corrected chi connectivity index (χ4v) is 2.23. The molecule has 0 bridgehead atoms. The number of unbranched alkanes of at least 4 members (excludes halogenated alkanes) is 1. The summed E-state index contributed by atoms with van der Waals surface area (Å²) < 4.78 is 0. The lowest BCUT2D eigenvalue weighted by atomic mass is 10.3. The van der Waals surface area contributed by atoms with Gasteiger partial charge in [-0.25, -0.2) is 0 Å². The van der Waals surface area contributed by atoms with E-state index in [9.17, 15) is 0 Å². The van der Waals surface area contributed by atoms with Gasteiger partial charge in [0.2, 0.25) is 0 Å². The average Bonchev–Trinajstić information content (AvgIpc) is 2.71. The van der Waals surface area contributed by atoms with Crippen molar-refractivity contribution in [2.75, 3.05) is 6.54 Å². The van der Waals surface area contributed by atoms with Crippen LogP contribution in [0.4, 0.5) is 0 Å². The third-order valence-electron chi connectivity index (χ3n) is 2.30. The van der Waals surface area contributed by atoms with Crippen molar-refractivity contribution in [1.29, 1.82) is 0 Å². The Morgan fingerprint density at radius 2 is 2.07 bits per heavy atom. The predicted molar refractivity (Wildman–Crippen MR) is 65.2 cm³/mol.